The highest BCUT2D eigenvalue weighted by Gasteiger charge is 2.40. The zero-order chi connectivity index (χ0) is 17.1. The largest absolute Gasteiger partial charge is 0.338 e. The standard InChI is InChI=1S/C18H23N3O3/c1-2-10-19-18(24)20-12-8-9-14-15(11-12)17(23)21(16(14)22)13-6-4-3-5-7-13/h8-9,11,13H,2-7,10H2,1H3,(H2,19,20,24). The Morgan fingerprint density at radius 1 is 1.12 bits per heavy atom. The summed E-state index contributed by atoms with van der Waals surface area (Å²) in [4.78, 5) is 38.4. The van der Waals surface area contributed by atoms with Crippen LogP contribution in [0.15, 0.2) is 18.2 Å². The molecule has 6 heteroatoms. The van der Waals surface area contributed by atoms with E-state index in [1.807, 2.05) is 6.92 Å². The maximum absolute atomic E-state index is 12.7. The van der Waals surface area contributed by atoms with Crippen LogP contribution in [-0.2, 0) is 0 Å². The van der Waals surface area contributed by atoms with Crippen molar-refractivity contribution in [2.24, 2.45) is 0 Å². The van der Waals surface area contributed by atoms with Gasteiger partial charge in [-0.05, 0) is 37.5 Å². The molecule has 0 bridgehead atoms. The number of carbonyl (C=O) groups is 3. The van der Waals surface area contributed by atoms with E-state index in [2.05, 4.69) is 10.6 Å². The highest BCUT2D eigenvalue weighted by Crippen LogP contribution is 2.32. The number of nitrogens with one attached hydrogen (secondary N) is 2. The van der Waals surface area contributed by atoms with E-state index in [1.165, 1.54) is 11.3 Å². The topological polar surface area (TPSA) is 78.5 Å². The van der Waals surface area contributed by atoms with Crippen LogP contribution in [-0.4, -0.2) is 35.3 Å². The van der Waals surface area contributed by atoms with Crippen molar-refractivity contribution in [3.05, 3.63) is 29.3 Å². The predicted molar refractivity (Wildman–Crippen MR) is 91.1 cm³/mol. The van der Waals surface area contributed by atoms with Gasteiger partial charge in [-0.1, -0.05) is 26.2 Å². The molecule has 6 nitrogen and oxygen atoms in total. The van der Waals surface area contributed by atoms with Crippen LogP contribution in [0.5, 0.6) is 0 Å². The fourth-order valence-corrected chi connectivity index (χ4v) is 3.42. The van der Waals surface area contributed by atoms with Crippen LogP contribution in [0, 0.1) is 0 Å². The number of anilines is 1. The molecule has 1 saturated carbocycles. The number of carbonyl (C=O) groups excluding carboxylic acids is 3. The Morgan fingerprint density at radius 3 is 2.54 bits per heavy atom. The van der Waals surface area contributed by atoms with Crippen LogP contribution in [0.4, 0.5) is 10.5 Å². The van der Waals surface area contributed by atoms with Crippen LogP contribution in [0.3, 0.4) is 0 Å². The van der Waals surface area contributed by atoms with Crippen LogP contribution in [0.2, 0.25) is 0 Å². The zero-order valence-corrected chi connectivity index (χ0v) is 13.9. The first-order valence-corrected chi connectivity index (χ1v) is 8.68. The Labute approximate surface area is 141 Å². The van der Waals surface area contributed by atoms with Gasteiger partial charge in [-0.25, -0.2) is 4.79 Å². The molecule has 128 valence electrons. The summed E-state index contributed by atoms with van der Waals surface area (Å²) in [6, 6.07) is 4.60. The molecular weight excluding hydrogens is 306 g/mol. The van der Waals surface area contributed by atoms with Gasteiger partial charge in [0, 0.05) is 18.3 Å². The number of rotatable bonds is 4. The fourth-order valence-electron chi connectivity index (χ4n) is 3.42. The molecule has 24 heavy (non-hydrogen) atoms. The Kier molecular flexibility index (Phi) is 4.83. The van der Waals surface area contributed by atoms with E-state index in [0.717, 1.165) is 32.1 Å². The molecule has 1 aliphatic heterocycles. The molecule has 1 heterocycles. The molecule has 0 unspecified atom stereocenters. The third-order valence-corrected chi connectivity index (χ3v) is 4.65. The molecule has 4 amide bonds. The summed E-state index contributed by atoms with van der Waals surface area (Å²) in [6.07, 6.45) is 5.90. The van der Waals surface area contributed by atoms with Gasteiger partial charge in [0.05, 0.1) is 11.1 Å². The zero-order valence-electron chi connectivity index (χ0n) is 13.9. The molecule has 1 fully saturated rings. The number of urea groups is 1. The summed E-state index contributed by atoms with van der Waals surface area (Å²) in [5, 5.41) is 5.42. The first-order chi connectivity index (χ1) is 11.6. The number of benzene rings is 1. The van der Waals surface area contributed by atoms with Crippen molar-refractivity contribution in [1.29, 1.82) is 0 Å². The summed E-state index contributed by atoms with van der Waals surface area (Å²) < 4.78 is 0. The maximum atomic E-state index is 12.7. The molecule has 2 N–H and O–H groups in total. The van der Waals surface area contributed by atoms with Crippen molar-refractivity contribution < 1.29 is 14.4 Å². The van der Waals surface area contributed by atoms with Crippen molar-refractivity contribution in [1.82, 2.24) is 10.2 Å². The lowest BCUT2D eigenvalue weighted by atomic mass is 9.94. The highest BCUT2D eigenvalue weighted by molar-refractivity contribution is 6.22. The minimum Gasteiger partial charge on any atom is -0.338 e. The van der Waals surface area contributed by atoms with E-state index in [0.29, 0.717) is 23.4 Å². The molecule has 0 saturated heterocycles. The highest BCUT2D eigenvalue weighted by atomic mass is 16.2. The van der Waals surface area contributed by atoms with Gasteiger partial charge in [-0.2, -0.15) is 0 Å². The number of nitrogens with zero attached hydrogens (tertiary/aromatic N) is 1. The Bertz CT molecular complexity index is 665. The third kappa shape index (κ3) is 3.13. The molecule has 2 aliphatic rings. The van der Waals surface area contributed by atoms with Crippen LogP contribution >= 0.6 is 0 Å². The third-order valence-electron chi connectivity index (χ3n) is 4.65. The van der Waals surface area contributed by atoms with Crippen molar-refractivity contribution in [3.8, 4) is 0 Å². The van der Waals surface area contributed by atoms with Gasteiger partial charge in [0.25, 0.3) is 11.8 Å². The maximum Gasteiger partial charge on any atom is 0.319 e. The average molecular weight is 329 g/mol. The number of imide groups is 1. The molecule has 1 aromatic rings. The molecule has 3 rings (SSSR count). The number of amides is 4. The van der Waals surface area contributed by atoms with Gasteiger partial charge in [-0.15, -0.1) is 0 Å². The van der Waals surface area contributed by atoms with Crippen molar-refractivity contribution in [3.63, 3.8) is 0 Å². The first-order valence-electron chi connectivity index (χ1n) is 8.68. The fraction of sp³-hybridized carbons (Fsp3) is 0.500. The van der Waals surface area contributed by atoms with Gasteiger partial charge in [-0.3, -0.25) is 14.5 Å². The lowest BCUT2D eigenvalue weighted by Crippen LogP contribution is -2.40. The summed E-state index contributed by atoms with van der Waals surface area (Å²) in [5.74, 6) is -0.441. The summed E-state index contributed by atoms with van der Waals surface area (Å²) in [6.45, 7) is 2.56. The van der Waals surface area contributed by atoms with Crippen molar-refractivity contribution in [2.75, 3.05) is 11.9 Å². The molecule has 1 aliphatic carbocycles. The second-order valence-corrected chi connectivity index (χ2v) is 6.41. The average Bonchev–Trinajstić information content (AvgIpc) is 2.84. The minimum absolute atomic E-state index is 0.00964. The Balaban J connectivity index is 1.77. The van der Waals surface area contributed by atoms with Crippen LogP contribution in [0.1, 0.15) is 66.2 Å². The molecular formula is C18H23N3O3. The van der Waals surface area contributed by atoms with Gasteiger partial charge >= 0.3 is 6.03 Å². The van der Waals surface area contributed by atoms with E-state index >= 15 is 0 Å². The van der Waals surface area contributed by atoms with Crippen LogP contribution in [0.25, 0.3) is 0 Å². The van der Waals surface area contributed by atoms with Gasteiger partial charge in [0.15, 0.2) is 0 Å². The van der Waals surface area contributed by atoms with E-state index in [1.54, 1.807) is 18.2 Å². The lowest BCUT2D eigenvalue weighted by Gasteiger charge is -2.29. The Hall–Kier alpha value is -2.37. The van der Waals surface area contributed by atoms with E-state index in [9.17, 15) is 14.4 Å². The smallest absolute Gasteiger partial charge is 0.319 e. The summed E-state index contributed by atoms with van der Waals surface area (Å²) in [7, 11) is 0. The molecule has 0 aromatic heterocycles. The van der Waals surface area contributed by atoms with Gasteiger partial charge in [0.1, 0.15) is 0 Å². The van der Waals surface area contributed by atoms with Crippen molar-refractivity contribution >= 4 is 23.5 Å². The number of fused-ring (bicyclic) bond motifs is 1. The quantitative estimate of drug-likeness (QED) is 0.833. The summed E-state index contributed by atoms with van der Waals surface area (Å²) >= 11 is 0. The normalized spacial score (nSPS) is 17.8. The van der Waals surface area contributed by atoms with Crippen molar-refractivity contribution in [2.45, 2.75) is 51.5 Å². The number of hydrogen-bond acceptors (Lipinski definition) is 3. The van der Waals surface area contributed by atoms with Gasteiger partial charge in [0.2, 0.25) is 0 Å². The predicted octanol–water partition coefficient (Wildman–Crippen LogP) is 3.15. The second-order valence-electron chi connectivity index (χ2n) is 6.41. The molecule has 0 radical (unpaired) electrons. The minimum atomic E-state index is -0.308. The number of hydrogen-bond donors (Lipinski definition) is 2. The second kappa shape index (κ2) is 7.03. The van der Waals surface area contributed by atoms with E-state index in [4.69, 9.17) is 0 Å². The van der Waals surface area contributed by atoms with E-state index in [-0.39, 0.29) is 23.9 Å². The molecule has 0 atom stereocenters. The lowest BCUT2D eigenvalue weighted by molar-refractivity contribution is 0.0549. The van der Waals surface area contributed by atoms with Crippen LogP contribution < -0.4 is 10.6 Å². The SMILES string of the molecule is CCCNC(=O)Nc1ccc2c(c1)C(=O)N(C1CCCCC1)C2=O. The Morgan fingerprint density at radius 2 is 1.83 bits per heavy atom. The monoisotopic (exact) mass is 329 g/mol. The first kappa shape index (κ1) is 16.5. The van der Waals surface area contributed by atoms with E-state index < -0.39 is 0 Å². The molecule has 1 aromatic carbocycles. The summed E-state index contributed by atoms with van der Waals surface area (Å²) in [5.41, 5.74) is 1.35. The van der Waals surface area contributed by atoms with Gasteiger partial charge < -0.3 is 10.6 Å². The molecule has 0 spiro atoms.